The molecule has 0 aliphatic carbocycles. The van der Waals surface area contributed by atoms with Crippen molar-refractivity contribution in [2.45, 2.75) is 13.8 Å². The molecule has 1 atom stereocenters. The summed E-state index contributed by atoms with van der Waals surface area (Å²) in [7, 11) is 1.48. The summed E-state index contributed by atoms with van der Waals surface area (Å²) in [5.41, 5.74) is 0.378. The Hall–Kier alpha value is -1.56. The summed E-state index contributed by atoms with van der Waals surface area (Å²) in [4.78, 5) is 23.2. The van der Waals surface area contributed by atoms with E-state index < -0.39 is 11.9 Å². The third-order valence-corrected chi connectivity index (χ3v) is 3.51. The Bertz CT molecular complexity index is 502. The second kappa shape index (κ2) is 7.28. The lowest BCUT2D eigenvalue weighted by atomic mass is 9.96. The fourth-order valence-corrected chi connectivity index (χ4v) is 2.10. The normalized spacial score (nSPS) is 12.1. The number of carboxylic acid groups (broad SMARTS) is 1. The molecule has 110 valence electrons. The number of hydrogen-bond donors (Lipinski definition) is 2. The SMILES string of the molecule is COc1cc(Br)ccc1C(=O)NCC(C(=O)O)C(C)C. The van der Waals surface area contributed by atoms with Crippen molar-refractivity contribution in [1.29, 1.82) is 0 Å². The molecule has 0 aromatic heterocycles. The second-order valence-electron chi connectivity index (χ2n) is 4.74. The molecule has 0 saturated heterocycles. The highest BCUT2D eigenvalue weighted by Gasteiger charge is 2.23. The summed E-state index contributed by atoms with van der Waals surface area (Å²) in [6, 6.07) is 5.05. The molecule has 6 heteroatoms. The minimum Gasteiger partial charge on any atom is -0.496 e. The van der Waals surface area contributed by atoms with Crippen LogP contribution in [0.25, 0.3) is 0 Å². The smallest absolute Gasteiger partial charge is 0.308 e. The van der Waals surface area contributed by atoms with Crippen molar-refractivity contribution < 1.29 is 19.4 Å². The Labute approximate surface area is 126 Å². The monoisotopic (exact) mass is 343 g/mol. The van der Waals surface area contributed by atoms with Gasteiger partial charge in [0.1, 0.15) is 5.75 Å². The number of carboxylic acids is 1. The number of rotatable bonds is 6. The lowest BCUT2D eigenvalue weighted by molar-refractivity contribution is -0.142. The molecular weight excluding hydrogens is 326 g/mol. The standard InChI is InChI=1S/C14H18BrNO4/c1-8(2)11(14(18)19)7-16-13(17)10-5-4-9(15)6-12(10)20-3/h4-6,8,11H,7H2,1-3H3,(H,16,17)(H,18,19). The van der Waals surface area contributed by atoms with Crippen LogP contribution in [0.2, 0.25) is 0 Å². The van der Waals surface area contributed by atoms with E-state index >= 15 is 0 Å². The first kappa shape index (κ1) is 16.5. The minimum atomic E-state index is -0.914. The van der Waals surface area contributed by atoms with E-state index in [4.69, 9.17) is 9.84 Å². The Balaban J connectivity index is 2.79. The Kier molecular flexibility index (Phi) is 6.01. The average Bonchev–Trinajstić information content (AvgIpc) is 2.37. The van der Waals surface area contributed by atoms with Crippen LogP contribution >= 0.6 is 15.9 Å². The third kappa shape index (κ3) is 4.23. The Morgan fingerprint density at radius 1 is 1.40 bits per heavy atom. The summed E-state index contributed by atoms with van der Waals surface area (Å²) >= 11 is 3.30. The quantitative estimate of drug-likeness (QED) is 0.832. The maximum atomic E-state index is 12.1. The number of methoxy groups -OCH3 is 1. The van der Waals surface area contributed by atoms with E-state index in [1.54, 1.807) is 18.2 Å². The highest BCUT2D eigenvalue weighted by molar-refractivity contribution is 9.10. The van der Waals surface area contributed by atoms with Crippen LogP contribution in [0, 0.1) is 11.8 Å². The van der Waals surface area contributed by atoms with Crippen molar-refractivity contribution in [1.82, 2.24) is 5.32 Å². The van der Waals surface area contributed by atoms with E-state index in [1.165, 1.54) is 7.11 Å². The largest absolute Gasteiger partial charge is 0.496 e. The number of aliphatic carboxylic acids is 1. The van der Waals surface area contributed by atoms with Gasteiger partial charge in [0.15, 0.2) is 0 Å². The van der Waals surface area contributed by atoms with Gasteiger partial charge in [0, 0.05) is 11.0 Å². The minimum absolute atomic E-state index is 0.0559. The van der Waals surface area contributed by atoms with Crippen LogP contribution in [0.1, 0.15) is 24.2 Å². The maximum Gasteiger partial charge on any atom is 0.308 e. The van der Waals surface area contributed by atoms with E-state index in [0.29, 0.717) is 11.3 Å². The number of carbonyl (C=O) groups is 2. The van der Waals surface area contributed by atoms with Crippen molar-refractivity contribution in [3.8, 4) is 5.75 Å². The third-order valence-electron chi connectivity index (χ3n) is 3.01. The second-order valence-corrected chi connectivity index (χ2v) is 5.66. The van der Waals surface area contributed by atoms with Gasteiger partial charge in [-0.25, -0.2) is 0 Å². The van der Waals surface area contributed by atoms with Gasteiger partial charge in [-0.2, -0.15) is 0 Å². The fraction of sp³-hybridized carbons (Fsp3) is 0.429. The lowest BCUT2D eigenvalue weighted by Gasteiger charge is -2.17. The van der Waals surface area contributed by atoms with Crippen molar-refractivity contribution in [2.75, 3.05) is 13.7 Å². The number of halogens is 1. The molecule has 0 fully saturated rings. The molecule has 0 radical (unpaired) electrons. The van der Waals surface area contributed by atoms with E-state index in [9.17, 15) is 9.59 Å². The van der Waals surface area contributed by atoms with Crippen LogP contribution in [0.5, 0.6) is 5.75 Å². The van der Waals surface area contributed by atoms with Gasteiger partial charge < -0.3 is 15.2 Å². The number of nitrogens with one attached hydrogen (secondary N) is 1. The molecule has 1 aromatic rings. The fourth-order valence-electron chi connectivity index (χ4n) is 1.76. The average molecular weight is 344 g/mol. The zero-order valence-electron chi connectivity index (χ0n) is 11.6. The molecule has 0 bridgehead atoms. The lowest BCUT2D eigenvalue weighted by Crippen LogP contribution is -2.35. The summed E-state index contributed by atoms with van der Waals surface area (Å²) in [6.45, 7) is 3.71. The maximum absolute atomic E-state index is 12.1. The summed E-state index contributed by atoms with van der Waals surface area (Å²) in [6.07, 6.45) is 0. The van der Waals surface area contributed by atoms with Crippen LogP contribution in [0.3, 0.4) is 0 Å². The van der Waals surface area contributed by atoms with Gasteiger partial charge >= 0.3 is 5.97 Å². The van der Waals surface area contributed by atoms with Gasteiger partial charge in [0.25, 0.3) is 5.91 Å². The molecule has 1 aromatic carbocycles. The van der Waals surface area contributed by atoms with E-state index in [2.05, 4.69) is 21.2 Å². The number of ether oxygens (including phenoxy) is 1. The molecule has 1 amide bonds. The van der Waals surface area contributed by atoms with Crippen LogP contribution in [-0.2, 0) is 4.79 Å². The predicted octanol–water partition coefficient (Wildman–Crippen LogP) is 2.54. The molecule has 20 heavy (non-hydrogen) atoms. The van der Waals surface area contributed by atoms with E-state index in [-0.39, 0.29) is 18.4 Å². The number of carbonyl (C=O) groups excluding carboxylic acids is 1. The number of benzene rings is 1. The van der Waals surface area contributed by atoms with Crippen LogP contribution in [-0.4, -0.2) is 30.6 Å². The highest BCUT2D eigenvalue weighted by Crippen LogP contribution is 2.23. The predicted molar refractivity (Wildman–Crippen MR) is 79.0 cm³/mol. The molecule has 0 heterocycles. The first-order valence-electron chi connectivity index (χ1n) is 6.21. The number of amides is 1. The van der Waals surface area contributed by atoms with E-state index in [1.807, 2.05) is 13.8 Å². The highest BCUT2D eigenvalue weighted by atomic mass is 79.9. The topological polar surface area (TPSA) is 75.6 Å². The molecule has 2 N–H and O–H groups in total. The summed E-state index contributed by atoms with van der Waals surface area (Å²) < 4.78 is 5.94. The zero-order valence-corrected chi connectivity index (χ0v) is 13.2. The number of hydrogen-bond acceptors (Lipinski definition) is 3. The van der Waals surface area contributed by atoms with Gasteiger partial charge in [0.05, 0.1) is 18.6 Å². The zero-order chi connectivity index (χ0) is 15.3. The van der Waals surface area contributed by atoms with Crippen molar-refractivity contribution in [3.05, 3.63) is 28.2 Å². The van der Waals surface area contributed by atoms with Gasteiger partial charge in [0.2, 0.25) is 0 Å². The molecule has 1 rings (SSSR count). The van der Waals surface area contributed by atoms with Crippen LogP contribution in [0.4, 0.5) is 0 Å². The van der Waals surface area contributed by atoms with Crippen molar-refractivity contribution >= 4 is 27.8 Å². The van der Waals surface area contributed by atoms with Crippen molar-refractivity contribution in [2.24, 2.45) is 11.8 Å². The van der Waals surface area contributed by atoms with Crippen LogP contribution in [0.15, 0.2) is 22.7 Å². The molecule has 0 aliphatic rings. The van der Waals surface area contributed by atoms with E-state index in [0.717, 1.165) is 4.47 Å². The molecule has 0 saturated carbocycles. The van der Waals surface area contributed by atoms with Gasteiger partial charge in [-0.3, -0.25) is 9.59 Å². The first-order chi connectivity index (χ1) is 9.36. The van der Waals surface area contributed by atoms with Gasteiger partial charge in [-0.05, 0) is 24.1 Å². The molecule has 1 unspecified atom stereocenters. The van der Waals surface area contributed by atoms with Gasteiger partial charge in [-0.1, -0.05) is 29.8 Å². The summed E-state index contributed by atoms with van der Waals surface area (Å²) in [5.74, 6) is -1.49. The molecule has 0 aliphatic heterocycles. The molecular formula is C14H18BrNO4. The van der Waals surface area contributed by atoms with Crippen molar-refractivity contribution in [3.63, 3.8) is 0 Å². The van der Waals surface area contributed by atoms with Gasteiger partial charge in [-0.15, -0.1) is 0 Å². The Morgan fingerprint density at radius 2 is 2.05 bits per heavy atom. The summed E-state index contributed by atoms with van der Waals surface area (Å²) in [5, 5.41) is 11.7. The Morgan fingerprint density at radius 3 is 2.55 bits per heavy atom. The van der Waals surface area contributed by atoms with Crippen LogP contribution < -0.4 is 10.1 Å². The molecule has 5 nitrogen and oxygen atoms in total. The first-order valence-corrected chi connectivity index (χ1v) is 7.00. The molecule has 0 spiro atoms.